The summed E-state index contributed by atoms with van der Waals surface area (Å²) in [5.74, 6) is 0.862. The van der Waals surface area contributed by atoms with Crippen molar-refractivity contribution in [2.24, 2.45) is 4.99 Å². The number of aromatic nitrogens is 1. The van der Waals surface area contributed by atoms with E-state index in [0.29, 0.717) is 0 Å². The molecule has 1 heterocycles. The third kappa shape index (κ3) is 5.85. The molecule has 1 aromatic carbocycles. The predicted octanol–water partition coefficient (Wildman–Crippen LogP) is 2.79. The lowest BCUT2D eigenvalue weighted by molar-refractivity contribution is 0.738. The summed E-state index contributed by atoms with van der Waals surface area (Å²) in [6, 6.07) is 10.6. The van der Waals surface area contributed by atoms with E-state index in [-0.39, 0.29) is 0 Å². The largest absolute Gasteiger partial charge is 0.356 e. The van der Waals surface area contributed by atoms with Gasteiger partial charge in [0.05, 0.1) is 5.01 Å². The predicted molar refractivity (Wildman–Crippen MR) is 94.7 cm³/mol. The van der Waals surface area contributed by atoms with Gasteiger partial charge in [0.2, 0.25) is 0 Å². The molecule has 0 aliphatic carbocycles. The molecule has 0 radical (unpaired) electrons. The molecule has 5 heteroatoms. The summed E-state index contributed by atoms with van der Waals surface area (Å²) in [6.45, 7) is 3.86. The lowest BCUT2D eigenvalue weighted by Crippen LogP contribution is -2.38. The van der Waals surface area contributed by atoms with Gasteiger partial charge in [-0.3, -0.25) is 4.99 Å². The number of rotatable bonds is 7. The van der Waals surface area contributed by atoms with Crippen LogP contribution in [0.15, 0.2) is 41.5 Å². The van der Waals surface area contributed by atoms with E-state index in [4.69, 9.17) is 0 Å². The molecule has 118 valence electrons. The molecule has 22 heavy (non-hydrogen) atoms. The van der Waals surface area contributed by atoms with Crippen molar-refractivity contribution in [3.8, 4) is 0 Å². The van der Waals surface area contributed by atoms with Crippen LogP contribution in [0.2, 0.25) is 0 Å². The van der Waals surface area contributed by atoms with Crippen LogP contribution in [-0.2, 0) is 12.8 Å². The minimum absolute atomic E-state index is 0.852. The van der Waals surface area contributed by atoms with Crippen LogP contribution >= 0.6 is 11.3 Å². The van der Waals surface area contributed by atoms with E-state index in [0.717, 1.165) is 38.3 Å². The number of guanidine groups is 1. The van der Waals surface area contributed by atoms with Crippen molar-refractivity contribution < 1.29 is 0 Å². The minimum atomic E-state index is 0.852. The van der Waals surface area contributed by atoms with Crippen LogP contribution in [0.3, 0.4) is 0 Å². The van der Waals surface area contributed by atoms with Crippen molar-refractivity contribution in [2.75, 3.05) is 20.1 Å². The van der Waals surface area contributed by atoms with Gasteiger partial charge in [0.25, 0.3) is 0 Å². The number of aliphatic imine (C=N–C) groups is 1. The highest BCUT2D eigenvalue weighted by atomic mass is 32.1. The molecule has 2 N–H and O–H groups in total. The monoisotopic (exact) mass is 316 g/mol. The second kappa shape index (κ2) is 9.20. The summed E-state index contributed by atoms with van der Waals surface area (Å²) in [4.78, 5) is 9.87. The van der Waals surface area contributed by atoms with Gasteiger partial charge in [0.15, 0.2) is 5.96 Å². The van der Waals surface area contributed by atoms with Crippen molar-refractivity contribution in [2.45, 2.75) is 26.2 Å². The molecule has 0 saturated carbocycles. The second-order valence-corrected chi connectivity index (χ2v) is 6.45. The van der Waals surface area contributed by atoms with Gasteiger partial charge in [-0.15, -0.1) is 11.3 Å². The van der Waals surface area contributed by atoms with E-state index >= 15 is 0 Å². The van der Waals surface area contributed by atoms with E-state index in [1.165, 1.54) is 15.4 Å². The Balaban J connectivity index is 1.61. The molecule has 0 aliphatic rings. The Bertz CT molecular complexity index is 577. The maximum atomic E-state index is 4.37. The first-order valence-corrected chi connectivity index (χ1v) is 8.49. The number of nitrogens with zero attached hydrogens (tertiary/aromatic N) is 2. The number of hydrogen-bond acceptors (Lipinski definition) is 3. The fraction of sp³-hybridized carbons (Fsp3) is 0.412. The summed E-state index contributed by atoms with van der Waals surface area (Å²) >= 11 is 1.75. The van der Waals surface area contributed by atoms with Crippen molar-refractivity contribution in [3.63, 3.8) is 0 Å². The molecule has 0 fully saturated rings. The van der Waals surface area contributed by atoms with Crippen molar-refractivity contribution >= 4 is 17.3 Å². The van der Waals surface area contributed by atoms with Crippen LogP contribution in [0.5, 0.6) is 0 Å². The van der Waals surface area contributed by atoms with Gasteiger partial charge in [0.1, 0.15) is 0 Å². The zero-order valence-electron chi connectivity index (χ0n) is 13.3. The van der Waals surface area contributed by atoms with Crippen LogP contribution in [-0.4, -0.2) is 31.1 Å². The highest BCUT2D eigenvalue weighted by Gasteiger charge is 2.00. The van der Waals surface area contributed by atoms with Crippen molar-refractivity contribution in [1.82, 2.24) is 15.6 Å². The standard InChI is InChI=1S/C17H24N4S/c1-14-13-21-16(22-14)10-12-20-17(18-2)19-11-6-9-15-7-4-3-5-8-15/h3-5,7-8,13H,6,9-12H2,1-2H3,(H2,18,19,20). The fourth-order valence-corrected chi connectivity index (χ4v) is 2.96. The SMILES string of the molecule is CN=C(NCCCc1ccccc1)NCCc1ncc(C)s1. The number of thiazole rings is 1. The number of nitrogens with one attached hydrogen (secondary N) is 2. The smallest absolute Gasteiger partial charge is 0.190 e. The summed E-state index contributed by atoms with van der Waals surface area (Å²) in [6.07, 6.45) is 5.04. The van der Waals surface area contributed by atoms with E-state index in [1.807, 2.05) is 6.20 Å². The Hall–Kier alpha value is -1.88. The lowest BCUT2D eigenvalue weighted by atomic mass is 10.1. The Morgan fingerprint density at radius 1 is 1.14 bits per heavy atom. The number of benzene rings is 1. The molecule has 0 spiro atoms. The molecular formula is C17H24N4S. The van der Waals surface area contributed by atoms with Crippen LogP contribution in [0.25, 0.3) is 0 Å². The highest BCUT2D eigenvalue weighted by Crippen LogP contribution is 2.10. The molecule has 2 aromatic rings. The summed E-state index contributed by atoms with van der Waals surface area (Å²) in [5, 5.41) is 7.86. The molecule has 1 aromatic heterocycles. The van der Waals surface area contributed by atoms with Crippen molar-refractivity contribution in [3.05, 3.63) is 52.0 Å². The number of aryl methyl sites for hydroxylation is 2. The molecule has 0 atom stereocenters. The first-order valence-electron chi connectivity index (χ1n) is 7.67. The summed E-state index contributed by atoms with van der Waals surface area (Å²) in [5.41, 5.74) is 1.38. The number of hydrogen-bond donors (Lipinski definition) is 2. The molecular weight excluding hydrogens is 292 g/mol. The van der Waals surface area contributed by atoms with E-state index in [1.54, 1.807) is 18.4 Å². The average molecular weight is 316 g/mol. The van der Waals surface area contributed by atoms with Crippen LogP contribution in [0.4, 0.5) is 0 Å². The molecule has 0 bridgehead atoms. The summed E-state index contributed by atoms with van der Waals surface area (Å²) in [7, 11) is 1.81. The van der Waals surface area contributed by atoms with Crippen LogP contribution in [0.1, 0.15) is 21.9 Å². The maximum absolute atomic E-state index is 4.37. The summed E-state index contributed by atoms with van der Waals surface area (Å²) < 4.78 is 0. The van der Waals surface area contributed by atoms with Gasteiger partial charge < -0.3 is 10.6 Å². The van der Waals surface area contributed by atoms with Gasteiger partial charge in [0, 0.05) is 37.6 Å². The zero-order chi connectivity index (χ0) is 15.6. The van der Waals surface area contributed by atoms with Gasteiger partial charge >= 0.3 is 0 Å². The Morgan fingerprint density at radius 2 is 1.91 bits per heavy atom. The first-order chi connectivity index (χ1) is 10.8. The van der Waals surface area contributed by atoms with E-state index in [2.05, 4.69) is 57.9 Å². The zero-order valence-corrected chi connectivity index (χ0v) is 14.1. The normalized spacial score (nSPS) is 11.5. The minimum Gasteiger partial charge on any atom is -0.356 e. The molecule has 0 amide bonds. The second-order valence-electron chi connectivity index (χ2n) is 5.13. The molecule has 2 rings (SSSR count). The van der Waals surface area contributed by atoms with Crippen LogP contribution < -0.4 is 10.6 Å². The van der Waals surface area contributed by atoms with Gasteiger partial charge in [-0.2, -0.15) is 0 Å². The molecule has 0 aliphatic heterocycles. The molecule has 0 unspecified atom stereocenters. The van der Waals surface area contributed by atoms with E-state index in [9.17, 15) is 0 Å². The quantitative estimate of drug-likeness (QED) is 0.469. The lowest BCUT2D eigenvalue weighted by Gasteiger charge is -2.11. The van der Waals surface area contributed by atoms with Gasteiger partial charge in [-0.05, 0) is 25.3 Å². The first kappa shape index (κ1) is 16.5. The van der Waals surface area contributed by atoms with Gasteiger partial charge in [-0.1, -0.05) is 30.3 Å². The third-order valence-corrected chi connectivity index (χ3v) is 4.27. The highest BCUT2D eigenvalue weighted by molar-refractivity contribution is 7.11. The Kier molecular flexibility index (Phi) is 6.90. The van der Waals surface area contributed by atoms with Crippen LogP contribution in [0, 0.1) is 6.92 Å². The molecule has 4 nitrogen and oxygen atoms in total. The Morgan fingerprint density at radius 3 is 2.59 bits per heavy atom. The van der Waals surface area contributed by atoms with E-state index < -0.39 is 0 Å². The third-order valence-electron chi connectivity index (χ3n) is 3.30. The van der Waals surface area contributed by atoms with Gasteiger partial charge in [-0.25, -0.2) is 4.98 Å². The molecule has 0 saturated heterocycles. The maximum Gasteiger partial charge on any atom is 0.190 e. The topological polar surface area (TPSA) is 49.3 Å². The fourth-order valence-electron chi connectivity index (χ4n) is 2.17. The average Bonchev–Trinajstić information content (AvgIpc) is 2.96. The van der Waals surface area contributed by atoms with Crippen molar-refractivity contribution in [1.29, 1.82) is 0 Å². The Labute approximate surface area is 136 Å².